The number of hydrogen-bond donors (Lipinski definition) is 1. The molecule has 6 nitrogen and oxygen atoms in total. The largest absolute Gasteiger partial charge is 0.498 e. The van der Waals surface area contributed by atoms with Crippen LogP contribution in [-0.2, 0) is 19.3 Å². The van der Waals surface area contributed by atoms with Crippen molar-refractivity contribution < 1.29 is 17.9 Å². The lowest BCUT2D eigenvalue weighted by atomic mass is 9.97. The molecule has 0 aromatic carbocycles. The Bertz CT molecular complexity index is 745. The lowest BCUT2D eigenvalue weighted by Crippen LogP contribution is -2.31. The van der Waals surface area contributed by atoms with Gasteiger partial charge in [-0.05, 0) is 12.2 Å². The van der Waals surface area contributed by atoms with Crippen LogP contribution in [0.3, 0.4) is 0 Å². The molecule has 7 heteroatoms. The fraction of sp³-hybridized carbons (Fsp3) is 0.357. The fourth-order valence-electron chi connectivity index (χ4n) is 2.38. The number of ether oxygens (including phenoxy) is 2. The van der Waals surface area contributed by atoms with Gasteiger partial charge in [0.1, 0.15) is 16.8 Å². The van der Waals surface area contributed by atoms with Crippen LogP contribution < -0.4 is 5.43 Å². The molecule has 0 bridgehead atoms. The molecule has 0 saturated carbocycles. The van der Waals surface area contributed by atoms with Gasteiger partial charge in [0.2, 0.25) is 15.3 Å². The molecule has 0 aliphatic heterocycles. The number of pyridine rings is 1. The fourth-order valence-corrected chi connectivity index (χ4v) is 4.05. The summed E-state index contributed by atoms with van der Waals surface area (Å²) >= 11 is 0. The standard InChI is InChI=1S/C14H17NO5S/c1-9-12(5-4-11(19-2)14(9)20-3)21(17,18)13-8-15-7-6-10(13)16/h4-9,14H,1-3H3,(H,15,16). The number of methoxy groups -OCH3 is 2. The van der Waals surface area contributed by atoms with Crippen LogP contribution in [0, 0.1) is 5.92 Å². The van der Waals surface area contributed by atoms with Crippen molar-refractivity contribution in [2.75, 3.05) is 14.2 Å². The van der Waals surface area contributed by atoms with Gasteiger partial charge in [-0.3, -0.25) is 4.79 Å². The van der Waals surface area contributed by atoms with Crippen molar-refractivity contribution in [3.8, 4) is 0 Å². The molecule has 0 amide bonds. The molecule has 2 atom stereocenters. The van der Waals surface area contributed by atoms with Gasteiger partial charge in [-0.1, -0.05) is 6.92 Å². The molecule has 1 aliphatic carbocycles. The van der Waals surface area contributed by atoms with E-state index < -0.39 is 27.3 Å². The third-order valence-corrected chi connectivity index (χ3v) is 5.50. The maximum atomic E-state index is 12.7. The van der Waals surface area contributed by atoms with E-state index in [4.69, 9.17) is 9.47 Å². The number of allylic oxidation sites excluding steroid dienone is 2. The third kappa shape index (κ3) is 2.66. The number of aromatic amines is 1. The summed E-state index contributed by atoms with van der Waals surface area (Å²) in [6.07, 6.45) is 5.09. The van der Waals surface area contributed by atoms with Gasteiger partial charge in [-0.25, -0.2) is 8.42 Å². The number of nitrogens with one attached hydrogen (secondary N) is 1. The first kappa shape index (κ1) is 15.5. The highest BCUT2D eigenvalue weighted by Crippen LogP contribution is 2.33. The minimum absolute atomic E-state index is 0.131. The number of sulfone groups is 1. The van der Waals surface area contributed by atoms with Gasteiger partial charge in [0.25, 0.3) is 0 Å². The van der Waals surface area contributed by atoms with Crippen LogP contribution in [0.25, 0.3) is 0 Å². The third-order valence-electron chi connectivity index (χ3n) is 3.47. The lowest BCUT2D eigenvalue weighted by Gasteiger charge is -2.28. The summed E-state index contributed by atoms with van der Waals surface area (Å²) in [7, 11) is -0.894. The van der Waals surface area contributed by atoms with Crippen LogP contribution in [0.2, 0.25) is 0 Å². The van der Waals surface area contributed by atoms with Crippen LogP contribution in [0.5, 0.6) is 0 Å². The Kier molecular flexibility index (Phi) is 4.34. The van der Waals surface area contributed by atoms with E-state index in [-0.39, 0.29) is 9.80 Å². The summed E-state index contributed by atoms with van der Waals surface area (Å²) in [5.41, 5.74) is -0.544. The van der Waals surface area contributed by atoms with Gasteiger partial charge in [0.05, 0.1) is 12.0 Å². The van der Waals surface area contributed by atoms with E-state index in [1.165, 1.54) is 38.8 Å². The Morgan fingerprint density at radius 3 is 2.52 bits per heavy atom. The van der Waals surface area contributed by atoms with Gasteiger partial charge in [0.15, 0.2) is 0 Å². The van der Waals surface area contributed by atoms with Gasteiger partial charge in [0, 0.05) is 31.5 Å². The molecule has 1 aromatic heterocycles. The summed E-state index contributed by atoms with van der Waals surface area (Å²) < 4.78 is 35.8. The maximum Gasteiger partial charge on any atom is 0.208 e. The van der Waals surface area contributed by atoms with Crippen LogP contribution in [0.15, 0.2) is 51.0 Å². The van der Waals surface area contributed by atoms with Gasteiger partial charge < -0.3 is 14.5 Å². The number of hydrogen-bond acceptors (Lipinski definition) is 5. The Morgan fingerprint density at radius 1 is 1.24 bits per heavy atom. The van der Waals surface area contributed by atoms with E-state index in [9.17, 15) is 13.2 Å². The van der Waals surface area contributed by atoms with E-state index >= 15 is 0 Å². The molecule has 0 spiro atoms. The van der Waals surface area contributed by atoms with Gasteiger partial charge >= 0.3 is 0 Å². The summed E-state index contributed by atoms with van der Waals surface area (Å²) in [5, 5.41) is 0. The molecule has 1 aliphatic rings. The molecule has 0 fully saturated rings. The normalized spacial score (nSPS) is 22.4. The second kappa shape index (κ2) is 5.87. The first-order valence-corrected chi connectivity index (χ1v) is 7.82. The minimum Gasteiger partial charge on any atom is -0.498 e. The molecule has 21 heavy (non-hydrogen) atoms. The molecule has 2 unspecified atom stereocenters. The van der Waals surface area contributed by atoms with Crippen molar-refractivity contribution in [2.45, 2.75) is 17.9 Å². The van der Waals surface area contributed by atoms with Crippen molar-refractivity contribution in [1.82, 2.24) is 4.98 Å². The topological polar surface area (TPSA) is 85.5 Å². The Balaban J connectivity index is 2.56. The van der Waals surface area contributed by atoms with Crippen LogP contribution >= 0.6 is 0 Å². The van der Waals surface area contributed by atoms with Crippen LogP contribution in [-0.4, -0.2) is 33.7 Å². The van der Waals surface area contributed by atoms with Crippen LogP contribution in [0.1, 0.15) is 6.92 Å². The Hall–Kier alpha value is -1.86. The van der Waals surface area contributed by atoms with E-state index in [1.807, 2.05) is 0 Å². The van der Waals surface area contributed by atoms with Gasteiger partial charge in [-0.2, -0.15) is 0 Å². The zero-order valence-corrected chi connectivity index (χ0v) is 12.8. The quantitative estimate of drug-likeness (QED) is 0.904. The molecule has 1 N–H and O–H groups in total. The van der Waals surface area contributed by atoms with E-state index in [0.717, 1.165) is 0 Å². The molecular formula is C14H17NO5S. The lowest BCUT2D eigenvalue weighted by molar-refractivity contribution is 0.0523. The summed E-state index contributed by atoms with van der Waals surface area (Å²) in [4.78, 5) is 14.3. The van der Waals surface area contributed by atoms with Crippen molar-refractivity contribution in [3.05, 3.63) is 51.5 Å². The second-order valence-corrected chi connectivity index (χ2v) is 6.58. The minimum atomic E-state index is -3.88. The monoisotopic (exact) mass is 311 g/mol. The number of rotatable bonds is 4. The average Bonchev–Trinajstić information content (AvgIpc) is 2.46. The number of H-pyrrole nitrogens is 1. The van der Waals surface area contributed by atoms with Gasteiger partial charge in [-0.15, -0.1) is 0 Å². The van der Waals surface area contributed by atoms with Crippen molar-refractivity contribution >= 4 is 9.84 Å². The Morgan fingerprint density at radius 2 is 1.95 bits per heavy atom. The molecule has 2 rings (SSSR count). The summed E-state index contributed by atoms with van der Waals surface area (Å²) in [5.74, 6) is 0.0884. The second-order valence-electron chi connectivity index (χ2n) is 4.66. The predicted octanol–water partition coefficient (Wildman–Crippen LogP) is 1.23. The maximum absolute atomic E-state index is 12.7. The first-order chi connectivity index (χ1) is 9.93. The zero-order valence-electron chi connectivity index (χ0n) is 12.0. The zero-order chi connectivity index (χ0) is 15.6. The SMILES string of the molecule is COC1=CC=C(S(=O)(=O)c2c[nH]ccc2=O)C(C)C1OC. The van der Waals surface area contributed by atoms with Crippen molar-refractivity contribution in [1.29, 1.82) is 0 Å². The molecular weight excluding hydrogens is 294 g/mol. The van der Waals surface area contributed by atoms with Crippen molar-refractivity contribution in [2.24, 2.45) is 5.92 Å². The smallest absolute Gasteiger partial charge is 0.208 e. The highest BCUT2D eigenvalue weighted by atomic mass is 32.2. The van der Waals surface area contributed by atoms with E-state index in [0.29, 0.717) is 5.76 Å². The average molecular weight is 311 g/mol. The predicted molar refractivity (Wildman–Crippen MR) is 77.4 cm³/mol. The summed E-state index contributed by atoms with van der Waals surface area (Å²) in [6, 6.07) is 1.19. The highest BCUT2D eigenvalue weighted by molar-refractivity contribution is 7.95. The van der Waals surface area contributed by atoms with Crippen molar-refractivity contribution in [3.63, 3.8) is 0 Å². The first-order valence-electron chi connectivity index (χ1n) is 6.34. The molecule has 0 radical (unpaired) electrons. The Labute approximate surface area is 123 Å². The van der Waals surface area contributed by atoms with Crippen LogP contribution in [0.4, 0.5) is 0 Å². The van der Waals surface area contributed by atoms with E-state index in [1.54, 1.807) is 13.0 Å². The number of aromatic nitrogens is 1. The molecule has 1 aromatic rings. The molecule has 0 saturated heterocycles. The highest BCUT2D eigenvalue weighted by Gasteiger charge is 2.36. The summed E-state index contributed by atoms with van der Waals surface area (Å²) in [6.45, 7) is 1.72. The molecule has 1 heterocycles. The van der Waals surface area contributed by atoms with E-state index in [2.05, 4.69) is 4.98 Å². The molecule has 114 valence electrons.